The molecule has 172 valence electrons. The Hall–Kier alpha value is -3.69. The summed E-state index contributed by atoms with van der Waals surface area (Å²) in [5.74, 6) is 0.244. The number of nitrogens with zero attached hydrogens (tertiary/aromatic N) is 5. The van der Waals surface area contributed by atoms with Crippen molar-refractivity contribution in [1.82, 2.24) is 24.3 Å². The first-order valence-corrected chi connectivity index (χ1v) is 10.4. The molecule has 4 rings (SSSR count). The second-order valence-electron chi connectivity index (χ2n) is 8.36. The molecule has 0 aliphatic rings. The van der Waals surface area contributed by atoms with E-state index >= 15 is 0 Å². The predicted molar refractivity (Wildman–Crippen MR) is 118 cm³/mol. The molecule has 7 nitrogen and oxygen atoms in total. The van der Waals surface area contributed by atoms with E-state index in [0.29, 0.717) is 40.2 Å². The number of hydrogen-bond acceptors (Lipinski definition) is 5. The van der Waals surface area contributed by atoms with Gasteiger partial charge in [-0.25, -0.2) is 9.97 Å². The number of nitrogens with two attached hydrogens (primary N) is 1. The summed E-state index contributed by atoms with van der Waals surface area (Å²) in [6.07, 6.45) is -2.03. The Kier molecular flexibility index (Phi) is 5.69. The van der Waals surface area contributed by atoms with E-state index in [4.69, 9.17) is 5.73 Å². The summed E-state index contributed by atoms with van der Waals surface area (Å²) in [4.78, 5) is 27.6. The van der Waals surface area contributed by atoms with E-state index in [1.54, 1.807) is 33.8 Å². The molecule has 33 heavy (non-hydrogen) atoms. The van der Waals surface area contributed by atoms with Gasteiger partial charge in [-0.1, -0.05) is 13.8 Å². The zero-order valence-corrected chi connectivity index (χ0v) is 18.4. The molecule has 2 N–H and O–H groups in total. The third-order valence-corrected chi connectivity index (χ3v) is 5.29. The molecular weight excluding hydrogens is 433 g/mol. The molecule has 0 radical (unpaired) electrons. The fourth-order valence-corrected chi connectivity index (χ4v) is 3.78. The Morgan fingerprint density at radius 3 is 2.58 bits per heavy atom. The fraction of sp³-hybridized carbons (Fsp3) is 0.304. The molecule has 3 aromatic heterocycles. The van der Waals surface area contributed by atoms with Crippen molar-refractivity contribution in [3.8, 4) is 0 Å². The van der Waals surface area contributed by atoms with E-state index in [9.17, 15) is 18.0 Å². The van der Waals surface area contributed by atoms with Crippen LogP contribution in [0.4, 0.5) is 19.0 Å². The van der Waals surface area contributed by atoms with Crippen molar-refractivity contribution in [2.24, 2.45) is 5.92 Å². The molecule has 0 unspecified atom stereocenters. The topological polar surface area (TPSA) is 89.4 Å². The quantitative estimate of drug-likeness (QED) is 0.478. The van der Waals surface area contributed by atoms with E-state index in [1.165, 1.54) is 6.07 Å². The van der Waals surface area contributed by atoms with Crippen molar-refractivity contribution in [2.45, 2.75) is 33.5 Å². The highest BCUT2D eigenvalue weighted by atomic mass is 19.4. The highest BCUT2D eigenvalue weighted by Crippen LogP contribution is 2.29. The minimum Gasteiger partial charge on any atom is -0.382 e. The number of hydrogen-bond donors (Lipinski definition) is 1. The van der Waals surface area contributed by atoms with Gasteiger partial charge in [-0.3, -0.25) is 14.2 Å². The lowest BCUT2D eigenvalue weighted by atomic mass is 10.1. The maximum Gasteiger partial charge on any atom is 0.417 e. The fourth-order valence-electron chi connectivity index (χ4n) is 3.78. The molecule has 1 amide bonds. The number of halogens is 3. The van der Waals surface area contributed by atoms with Crippen LogP contribution in [0.3, 0.4) is 0 Å². The highest BCUT2D eigenvalue weighted by Gasteiger charge is 2.30. The SMILES string of the molecule is Cc1ncn2c1c(N)nc1ccc(C(=O)N(Cc3ccc(C(F)(F)F)cn3)CC(C)C)cc12. The monoisotopic (exact) mass is 456 g/mol. The number of imidazole rings is 1. The molecule has 4 aromatic rings. The van der Waals surface area contributed by atoms with Crippen molar-refractivity contribution in [1.29, 1.82) is 0 Å². The van der Waals surface area contributed by atoms with Crippen LogP contribution < -0.4 is 5.73 Å². The number of amides is 1. The van der Waals surface area contributed by atoms with Crippen LogP contribution in [-0.2, 0) is 12.7 Å². The Bertz CT molecular complexity index is 1330. The molecule has 0 saturated carbocycles. The average molecular weight is 456 g/mol. The first-order valence-electron chi connectivity index (χ1n) is 10.4. The zero-order chi connectivity index (χ0) is 23.9. The smallest absolute Gasteiger partial charge is 0.382 e. The van der Waals surface area contributed by atoms with Gasteiger partial charge in [0, 0.05) is 18.3 Å². The molecule has 0 aliphatic carbocycles. The van der Waals surface area contributed by atoms with Crippen molar-refractivity contribution in [3.05, 3.63) is 65.4 Å². The molecule has 0 atom stereocenters. The van der Waals surface area contributed by atoms with Crippen LogP contribution in [0, 0.1) is 12.8 Å². The maximum atomic E-state index is 13.4. The number of aryl methyl sites for hydroxylation is 1. The number of rotatable bonds is 5. The number of carbonyl (C=O) groups is 1. The largest absolute Gasteiger partial charge is 0.417 e. The number of anilines is 1. The molecule has 0 spiro atoms. The summed E-state index contributed by atoms with van der Waals surface area (Å²) in [6.45, 7) is 6.26. The molecule has 1 aromatic carbocycles. The van der Waals surface area contributed by atoms with Crippen LogP contribution in [0.15, 0.2) is 42.9 Å². The Morgan fingerprint density at radius 1 is 1.18 bits per heavy atom. The maximum absolute atomic E-state index is 13.4. The average Bonchev–Trinajstić information content (AvgIpc) is 3.14. The highest BCUT2D eigenvalue weighted by molar-refractivity contribution is 5.98. The number of aromatic nitrogens is 4. The normalized spacial score (nSPS) is 12.1. The molecular formula is C23H23F3N6O. The number of benzene rings is 1. The van der Waals surface area contributed by atoms with Gasteiger partial charge in [-0.15, -0.1) is 0 Å². The molecule has 0 saturated heterocycles. The van der Waals surface area contributed by atoms with Crippen LogP contribution >= 0.6 is 0 Å². The van der Waals surface area contributed by atoms with Gasteiger partial charge in [0.05, 0.1) is 34.5 Å². The predicted octanol–water partition coefficient (Wildman–Crippen LogP) is 4.49. The van der Waals surface area contributed by atoms with Crippen LogP contribution in [0.2, 0.25) is 0 Å². The number of nitrogen functional groups attached to an aromatic ring is 1. The molecule has 0 bridgehead atoms. The van der Waals surface area contributed by atoms with Gasteiger partial charge in [-0.2, -0.15) is 13.2 Å². The van der Waals surface area contributed by atoms with Gasteiger partial charge in [0.1, 0.15) is 17.7 Å². The van der Waals surface area contributed by atoms with Gasteiger partial charge in [0.25, 0.3) is 5.91 Å². The molecule has 10 heteroatoms. The summed E-state index contributed by atoms with van der Waals surface area (Å²) in [5.41, 5.74) is 8.76. The standard InChI is InChI=1S/C23H23F3N6O/c1-13(2)10-31(11-17-6-5-16(9-28-17)23(24,25)26)22(33)15-4-7-18-19(8-15)32-12-29-14(3)20(32)21(27)30-18/h4-9,12-13H,10-11H2,1-3H3,(H2,27,30). The zero-order valence-electron chi connectivity index (χ0n) is 18.4. The van der Waals surface area contributed by atoms with E-state index in [2.05, 4.69) is 15.0 Å². The van der Waals surface area contributed by atoms with Gasteiger partial charge >= 0.3 is 6.18 Å². The Labute approximate surface area is 188 Å². The third kappa shape index (κ3) is 4.46. The lowest BCUT2D eigenvalue weighted by molar-refractivity contribution is -0.137. The van der Waals surface area contributed by atoms with Gasteiger partial charge in [0.2, 0.25) is 0 Å². The van der Waals surface area contributed by atoms with Gasteiger partial charge in [0.15, 0.2) is 0 Å². The second-order valence-corrected chi connectivity index (χ2v) is 8.36. The number of pyridine rings is 1. The van der Waals surface area contributed by atoms with Crippen LogP contribution in [0.1, 0.15) is 41.2 Å². The van der Waals surface area contributed by atoms with Crippen LogP contribution in [0.25, 0.3) is 16.6 Å². The first-order chi connectivity index (χ1) is 15.5. The number of fused-ring (bicyclic) bond motifs is 3. The lowest BCUT2D eigenvalue weighted by Gasteiger charge is -2.25. The van der Waals surface area contributed by atoms with Crippen molar-refractivity contribution < 1.29 is 18.0 Å². The molecule has 0 fully saturated rings. The van der Waals surface area contributed by atoms with Crippen molar-refractivity contribution >= 4 is 28.3 Å². The van der Waals surface area contributed by atoms with Gasteiger partial charge < -0.3 is 10.6 Å². The summed E-state index contributed by atoms with van der Waals surface area (Å²) >= 11 is 0. The summed E-state index contributed by atoms with van der Waals surface area (Å²) in [5, 5.41) is 0. The van der Waals surface area contributed by atoms with E-state index in [1.807, 2.05) is 20.8 Å². The van der Waals surface area contributed by atoms with Crippen molar-refractivity contribution in [3.63, 3.8) is 0 Å². The minimum absolute atomic E-state index is 0.0900. The van der Waals surface area contributed by atoms with E-state index < -0.39 is 11.7 Å². The Balaban J connectivity index is 1.69. The second kappa shape index (κ2) is 8.34. The minimum atomic E-state index is -4.46. The van der Waals surface area contributed by atoms with E-state index in [-0.39, 0.29) is 18.4 Å². The summed E-state index contributed by atoms with van der Waals surface area (Å²) in [6, 6.07) is 7.39. The van der Waals surface area contributed by atoms with Gasteiger partial charge in [-0.05, 0) is 43.2 Å². The lowest BCUT2D eigenvalue weighted by Crippen LogP contribution is -2.34. The summed E-state index contributed by atoms with van der Waals surface area (Å²) in [7, 11) is 0. The van der Waals surface area contributed by atoms with E-state index in [0.717, 1.165) is 18.0 Å². The number of alkyl halides is 3. The summed E-state index contributed by atoms with van der Waals surface area (Å²) < 4.78 is 40.3. The first kappa shape index (κ1) is 22.5. The third-order valence-electron chi connectivity index (χ3n) is 5.29. The Morgan fingerprint density at radius 2 is 1.94 bits per heavy atom. The van der Waals surface area contributed by atoms with Crippen LogP contribution in [-0.4, -0.2) is 36.7 Å². The van der Waals surface area contributed by atoms with Crippen molar-refractivity contribution in [2.75, 3.05) is 12.3 Å². The molecule has 0 aliphatic heterocycles. The number of carbonyl (C=O) groups excluding carboxylic acids is 1. The molecule has 3 heterocycles. The van der Waals surface area contributed by atoms with Crippen LogP contribution in [0.5, 0.6) is 0 Å².